The van der Waals surface area contributed by atoms with Crippen LogP contribution in [0.15, 0.2) is 12.4 Å². The molecule has 1 saturated carbocycles. The molecule has 1 amide bonds. The van der Waals surface area contributed by atoms with Gasteiger partial charge in [-0.25, -0.2) is 9.97 Å². The molecular formula is C17H27N5O. The van der Waals surface area contributed by atoms with Crippen LogP contribution in [0, 0.1) is 0 Å². The molecule has 2 heterocycles. The molecule has 1 aromatic heterocycles. The summed E-state index contributed by atoms with van der Waals surface area (Å²) in [4.78, 5) is 25.7. The largest absolute Gasteiger partial charge is 0.353 e. The summed E-state index contributed by atoms with van der Waals surface area (Å²) in [5.74, 6) is 0.779. The number of amides is 1. The van der Waals surface area contributed by atoms with Crippen molar-refractivity contribution < 1.29 is 4.79 Å². The lowest BCUT2D eigenvalue weighted by atomic mass is 9.95. The van der Waals surface area contributed by atoms with Crippen molar-refractivity contribution >= 4 is 11.7 Å². The summed E-state index contributed by atoms with van der Waals surface area (Å²) in [6, 6.07) is 0.305. The van der Waals surface area contributed by atoms with Crippen molar-refractivity contribution in [1.29, 1.82) is 0 Å². The molecule has 3 rings (SSSR count). The van der Waals surface area contributed by atoms with E-state index in [1.165, 1.54) is 19.3 Å². The van der Waals surface area contributed by atoms with Crippen LogP contribution in [0.2, 0.25) is 0 Å². The summed E-state index contributed by atoms with van der Waals surface area (Å²) >= 11 is 0. The van der Waals surface area contributed by atoms with Crippen molar-refractivity contribution in [2.45, 2.75) is 45.1 Å². The molecule has 6 nitrogen and oxygen atoms in total. The molecule has 1 aromatic rings. The summed E-state index contributed by atoms with van der Waals surface area (Å²) < 4.78 is 0. The summed E-state index contributed by atoms with van der Waals surface area (Å²) in [6.07, 6.45) is 9.21. The van der Waals surface area contributed by atoms with Crippen LogP contribution >= 0.6 is 0 Å². The number of carbonyl (C=O) groups is 1. The molecule has 1 aliphatic carbocycles. The number of carbonyl (C=O) groups excluding carboxylic acids is 1. The molecule has 6 heteroatoms. The molecule has 126 valence electrons. The Balaban J connectivity index is 1.55. The Hall–Kier alpha value is -1.69. The number of nitrogens with zero attached hydrogens (tertiary/aromatic N) is 4. The normalized spacial score (nSPS) is 20.5. The highest BCUT2D eigenvalue weighted by Gasteiger charge is 2.19. The molecule has 0 radical (unpaired) electrons. The number of hydrogen-bond acceptors (Lipinski definition) is 5. The van der Waals surface area contributed by atoms with Gasteiger partial charge in [0, 0.05) is 32.2 Å². The van der Waals surface area contributed by atoms with Gasteiger partial charge >= 0.3 is 0 Å². The average Bonchev–Trinajstić information content (AvgIpc) is 2.63. The minimum Gasteiger partial charge on any atom is -0.353 e. The van der Waals surface area contributed by atoms with Crippen LogP contribution < -0.4 is 10.2 Å². The third kappa shape index (κ3) is 4.19. The maximum Gasteiger partial charge on any atom is 0.271 e. The first-order chi connectivity index (χ1) is 11.3. The second-order valence-corrected chi connectivity index (χ2v) is 6.49. The number of aromatic nitrogens is 2. The molecule has 1 saturated heterocycles. The van der Waals surface area contributed by atoms with Gasteiger partial charge in [-0.15, -0.1) is 0 Å². The molecule has 1 N–H and O–H groups in total. The molecule has 0 spiro atoms. The van der Waals surface area contributed by atoms with Gasteiger partial charge in [-0.2, -0.15) is 0 Å². The van der Waals surface area contributed by atoms with Gasteiger partial charge in [0.2, 0.25) is 0 Å². The van der Waals surface area contributed by atoms with Gasteiger partial charge in [0.05, 0.1) is 12.4 Å². The smallest absolute Gasteiger partial charge is 0.271 e. The van der Waals surface area contributed by atoms with Crippen LogP contribution in [0.4, 0.5) is 5.82 Å². The van der Waals surface area contributed by atoms with Crippen molar-refractivity contribution in [2.75, 3.05) is 37.6 Å². The SMILES string of the molecule is CCN1CCN(c2cnc(C(=O)NC3CCCCC3)cn2)CC1. The van der Waals surface area contributed by atoms with Crippen LogP contribution in [-0.2, 0) is 0 Å². The highest BCUT2D eigenvalue weighted by molar-refractivity contribution is 5.92. The Morgan fingerprint density at radius 1 is 1.13 bits per heavy atom. The lowest BCUT2D eigenvalue weighted by Crippen LogP contribution is -2.46. The van der Waals surface area contributed by atoms with Gasteiger partial charge in [0.1, 0.15) is 11.5 Å². The lowest BCUT2D eigenvalue weighted by molar-refractivity contribution is 0.0922. The van der Waals surface area contributed by atoms with Crippen molar-refractivity contribution in [3.05, 3.63) is 18.1 Å². The minimum atomic E-state index is -0.0910. The van der Waals surface area contributed by atoms with Gasteiger partial charge < -0.3 is 15.1 Å². The summed E-state index contributed by atoms with van der Waals surface area (Å²) in [5, 5.41) is 3.09. The standard InChI is InChI=1S/C17H27N5O/c1-2-21-8-10-22(11-9-21)16-13-18-15(12-19-16)17(23)20-14-6-4-3-5-7-14/h12-14H,2-11H2,1H3,(H,20,23). The topological polar surface area (TPSA) is 61.4 Å². The zero-order valence-electron chi connectivity index (χ0n) is 14.0. The molecular weight excluding hydrogens is 290 g/mol. The second-order valence-electron chi connectivity index (χ2n) is 6.49. The van der Waals surface area contributed by atoms with Gasteiger partial charge in [0.25, 0.3) is 5.91 Å². The second kappa shape index (κ2) is 7.73. The monoisotopic (exact) mass is 317 g/mol. The summed E-state index contributed by atoms with van der Waals surface area (Å²) in [5.41, 5.74) is 0.423. The first kappa shape index (κ1) is 16.2. The van der Waals surface area contributed by atoms with E-state index in [1.54, 1.807) is 12.4 Å². The predicted octanol–water partition coefficient (Wildman–Crippen LogP) is 1.68. The number of nitrogens with one attached hydrogen (secondary N) is 1. The average molecular weight is 317 g/mol. The number of hydrogen-bond donors (Lipinski definition) is 1. The fourth-order valence-electron chi connectivity index (χ4n) is 3.40. The van der Waals surface area contributed by atoms with Crippen LogP contribution in [0.25, 0.3) is 0 Å². The Kier molecular flexibility index (Phi) is 5.43. The molecule has 0 unspecified atom stereocenters. The van der Waals surface area contributed by atoms with Crippen LogP contribution in [0.5, 0.6) is 0 Å². The minimum absolute atomic E-state index is 0.0910. The lowest BCUT2D eigenvalue weighted by Gasteiger charge is -2.34. The van der Waals surface area contributed by atoms with E-state index in [-0.39, 0.29) is 5.91 Å². The van der Waals surface area contributed by atoms with Gasteiger partial charge in [0.15, 0.2) is 0 Å². The van der Waals surface area contributed by atoms with E-state index >= 15 is 0 Å². The number of likely N-dealkylation sites (N-methyl/N-ethyl adjacent to an activating group) is 1. The third-order valence-electron chi connectivity index (χ3n) is 4.95. The van der Waals surface area contributed by atoms with E-state index < -0.39 is 0 Å². The Morgan fingerprint density at radius 2 is 1.87 bits per heavy atom. The van der Waals surface area contributed by atoms with Crippen molar-refractivity contribution in [2.24, 2.45) is 0 Å². The fourth-order valence-corrected chi connectivity index (χ4v) is 3.40. The quantitative estimate of drug-likeness (QED) is 0.915. The van der Waals surface area contributed by atoms with Crippen LogP contribution in [0.1, 0.15) is 49.5 Å². The number of rotatable bonds is 4. The van der Waals surface area contributed by atoms with Crippen LogP contribution in [-0.4, -0.2) is 59.5 Å². The summed E-state index contributed by atoms with van der Waals surface area (Å²) in [6.45, 7) is 7.34. The Bertz CT molecular complexity index is 504. The van der Waals surface area contributed by atoms with Gasteiger partial charge in [-0.3, -0.25) is 4.79 Å². The highest BCUT2D eigenvalue weighted by atomic mass is 16.1. The summed E-state index contributed by atoms with van der Waals surface area (Å²) in [7, 11) is 0. The fraction of sp³-hybridized carbons (Fsp3) is 0.706. The van der Waals surface area contributed by atoms with E-state index in [0.29, 0.717) is 11.7 Å². The van der Waals surface area contributed by atoms with Crippen LogP contribution in [0.3, 0.4) is 0 Å². The molecule has 0 aromatic carbocycles. The van der Waals surface area contributed by atoms with Crippen molar-refractivity contribution in [1.82, 2.24) is 20.2 Å². The number of piperazine rings is 1. The molecule has 0 atom stereocenters. The zero-order chi connectivity index (χ0) is 16.1. The van der Waals surface area contributed by atoms with Crippen molar-refractivity contribution in [3.8, 4) is 0 Å². The van der Waals surface area contributed by atoms with Crippen molar-refractivity contribution in [3.63, 3.8) is 0 Å². The zero-order valence-corrected chi connectivity index (χ0v) is 14.0. The number of anilines is 1. The maximum absolute atomic E-state index is 12.2. The first-order valence-corrected chi connectivity index (χ1v) is 8.86. The van der Waals surface area contributed by atoms with Gasteiger partial charge in [-0.1, -0.05) is 26.2 Å². The highest BCUT2D eigenvalue weighted by Crippen LogP contribution is 2.18. The third-order valence-corrected chi connectivity index (χ3v) is 4.95. The van der Waals surface area contributed by atoms with E-state index in [9.17, 15) is 4.79 Å². The van der Waals surface area contributed by atoms with E-state index in [0.717, 1.165) is 51.4 Å². The Labute approximate surface area is 138 Å². The molecule has 0 bridgehead atoms. The molecule has 2 aliphatic rings. The molecule has 2 fully saturated rings. The van der Waals surface area contributed by atoms with Gasteiger partial charge in [-0.05, 0) is 19.4 Å². The maximum atomic E-state index is 12.2. The Morgan fingerprint density at radius 3 is 2.48 bits per heavy atom. The molecule has 23 heavy (non-hydrogen) atoms. The molecule has 1 aliphatic heterocycles. The van der Waals surface area contributed by atoms with E-state index in [1.807, 2.05) is 0 Å². The predicted molar refractivity (Wildman–Crippen MR) is 90.7 cm³/mol. The van der Waals surface area contributed by atoms with E-state index in [4.69, 9.17) is 0 Å². The van der Waals surface area contributed by atoms with E-state index in [2.05, 4.69) is 32.0 Å². The first-order valence-electron chi connectivity index (χ1n) is 8.86.